The van der Waals surface area contributed by atoms with Gasteiger partial charge in [-0.2, -0.15) is 0 Å². The van der Waals surface area contributed by atoms with Gasteiger partial charge in [-0.15, -0.1) is 0 Å². The quantitative estimate of drug-likeness (QED) is 0.502. The van der Waals surface area contributed by atoms with E-state index < -0.39 is 11.9 Å². The van der Waals surface area contributed by atoms with Gasteiger partial charge in [-0.3, -0.25) is 10.2 Å². The van der Waals surface area contributed by atoms with Crippen LogP contribution in [0.2, 0.25) is 0 Å². The fourth-order valence-electron chi connectivity index (χ4n) is 5.19. The molecule has 38 heavy (non-hydrogen) atoms. The summed E-state index contributed by atoms with van der Waals surface area (Å²) in [5.74, 6) is -0.173. The Morgan fingerprint density at radius 1 is 1.08 bits per heavy atom. The zero-order valence-corrected chi connectivity index (χ0v) is 23.0. The van der Waals surface area contributed by atoms with E-state index in [1.807, 2.05) is 31.7 Å². The number of β-amino-alcohol motifs (C(OH)–C–C–N with tert-alkyl or cyclic N) is 1. The number of carbonyl (C=O) groups excluding carboxylic acids is 1. The second kappa shape index (κ2) is 10.4. The zero-order valence-electron chi connectivity index (χ0n) is 23.0. The second-order valence-electron chi connectivity index (χ2n) is 10.7. The number of anilines is 1. The molecule has 0 spiro atoms. The fourth-order valence-corrected chi connectivity index (χ4v) is 5.19. The van der Waals surface area contributed by atoms with E-state index in [0.717, 1.165) is 5.56 Å². The van der Waals surface area contributed by atoms with E-state index in [1.165, 1.54) is 19.1 Å². The van der Waals surface area contributed by atoms with E-state index >= 15 is 4.39 Å². The van der Waals surface area contributed by atoms with Gasteiger partial charge in [0.2, 0.25) is 0 Å². The maximum atomic E-state index is 15.2. The van der Waals surface area contributed by atoms with Gasteiger partial charge in [-0.25, -0.2) is 4.39 Å². The van der Waals surface area contributed by atoms with Crippen LogP contribution < -0.4 is 19.1 Å². The van der Waals surface area contributed by atoms with Gasteiger partial charge in [0.05, 0.1) is 45.2 Å². The Balaban J connectivity index is 1.69. The second-order valence-corrected chi connectivity index (χ2v) is 10.7. The Morgan fingerprint density at radius 2 is 1.76 bits per heavy atom. The van der Waals surface area contributed by atoms with E-state index in [1.54, 1.807) is 26.4 Å². The number of hydrogen-bond donors (Lipinski definition) is 2. The van der Waals surface area contributed by atoms with Gasteiger partial charge < -0.3 is 33.9 Å². The molecule has 0 amide bonds. The van der Waals surface area contributed by atoms with Gasteiger partial charge in [0.25, 0.3) is 0 Å². The zero-order chi connectivity index (χ0) is 27.9. The van der Waals surface area contributed by atoms with E-state index in [4.69, 9.17) is 24.4 Å². The Morgan fingerprint density at radius 3 is 2.32 bits per heavy atom. The van der Waals surface area contributed by atoms with Crippen molar-refractivity contribution in [2.75, 3.05) is 53.0 Å². The third-order valence-electron chi connectivity index (χ3n) is 7.23. The molecule has 2 heterocycles. The highest BCUT2D eigenvalue weighted by atomic mass is 19.1. The number of hydrogen-bond acceptors (Lipinski definition) is 8. The van der Waals surface area contributed by atoms with E-state index in [0.29, 0.717) is 35.7 Å². The highest BCUT2D eigenvalue weighted by molar-refractivity contribution is 6.06. The van der Waals surface area contributed by atoms with Crippen LogP contribution in [0.4, 0.5) is 10.1 Å². The van der Waals surface area contributed by atoms with Crippen molar-refractivity contribution in [3.05, 3.63) is 46.3 Å². The number of methoxy groups -OCH3 is 4. The largest absolute Gasteiger partial charge is 0.494 e. The summed E-state index contributed by atoms with van der Waals surface area (Å²) < 4.78 is 36.8. The highest BCUT2D eigenvalue weighted by Gasteiger charge is 2.36. The molecule has 0 bridgehead atoms. The summed E-state index contributed by atoms with van der Waals surface area (Å²) in [5.41, 5.74) is 2.31. The SMILES string of the molecule is COc1cc2c(c(F)c1OC)C(=N)N(CC(=O)c1cc(N3CC(O)C(OC)C3)c(OC)c(C(C)(C)C)c1)C2. The smallest absolute Gasteiger partial charge is 0.197 e. The van der Waals surface area contributed by atoms with Crippen molar-refractivity contribution in [2.24, 2.45) is 0 Å². The number of aliphatic hydroxyl groups is 1. The number of ether oxygens (including phenoxy) is 4. The fraction of sp³-hybridized carbons (Fsp3) is 0.500. The number of benzene rings is 2. The lowest BCUT2D eigenvalue weighted by molar-refractivity contribution is 0.0217. The van der Waals surface area contributed by atoms with Crippen molar-refractivity contribution < 1.29 is 33.2 Å². The minimum atomic E-state index is -0.677. The molecule has 10 heteroatoms. The number of fused-ring (bicyclic) bond motifs is 1. The number of nitrogens with zero attached hydrogens (tertiary/aromatic N) is 2. The molecule has 0 radical (unpaired) electrons. The summed E-state index contributed by atoms with van der Waals surface area (Å²) in [6.45, 7) is 6.98. The lowest BCUT2D eigenvalue weighted by Crippen LogP contribution is -2.31. The molecule has 2 aliphatic heterocycles. The first kappa shape index (κ1) is 27.7. The van der Waals surface area contributed by atoms with Crippen molar-refractivity contribution in [1.29, 1.82) is 5.41 Å². The Labute approximate surface area is 222 Å². The minimum absolute atomic E-state index is 0.0686. The Kier molecular flexibility index (Phi) is 7.58. The summed E-state index contributed by atoms with van der Waals surface area (Å²) in [4.78, 5) is 17.1. The van der Waals surface area contributed by atoms with Crippen LogP contribution in [0, 0.1) is 11.2 Å². The van der Waals surface area contributed by atoms with Crippen LogP contribution in [0.15, 0.2) is 18.2 Å². The highest BCUT2D eigenvalue weighted by Crippen LogP contribution is 2.42. The molecule has 1 fully saturated rings. The number of aliphatic hydroxyl groups excluding tert-OH is 1. The molecule has 2 unspecified atom stereocenters. The van der Waals surface area contributed by atoms with Crippen molar-refractivity contribution >= 4 is 17.3 Å². The molecule has 2 N–H and O–H groups in total. The molecule has 2 aromatic rings. The molecule has 206 valence electrons. The summed E-state index contributed by atoms with van der Waals surface area (Å²) >= 11 is 0. The first-order chi connectivity index (χ1) is 17.9. The van der Waals surface area contributed by atoms with E-state index in [2.05, 4.69) is 0 Å². The Hall–Kier alpha value is -3.37. The van der Waals surface area contributed by atoms with Crippen LogP contribution in [0.5, 0.6) is 17.2 Å². The number of halogens is 1. The molecule has 2 aliphatic rings. The van der Waals surface area contributed by atoms with Crippen molar-refractivity contribution in [2.45, 2.75) is 44.9 Å². The molecule has 2 atom stereocenters. The van der Waals surface area contributed by atoms with Crippen LogP contribution in [0.3, 0.4) is 0 Å². The normalized spacial score (nSPS) is 19.1. The van der Waals surface area contributed by atoms with Crippen LogP contribution in [0.1, 0.15) is 47.8 Å². The van der Waals surface area contributed by atoms with Crippen LogP contribution in [-0.4, -0.2) is 81.9 Å². The summed E-state index contributed by atoms with van der Waals surface area (Å²) in [7, 11) is 5.92. The van der Waals surface area contributed by atoms with Gasteiger partial charge in [-0.1, -0.05) is 20.8 Å². The first-order valence-electron chi connectivity index (χ1n) is 12.4. The number of Topliss-reactive ketones (excluding diaryl/α,β-unsaturated/α-hetero) is 1. The average Bonchev–Trinajstić information content (AvgIpc) is 3.41. The predicted octanol–water partition coefficient (Wildman–Crippen LogP) is 3.37. The van der Waals surface area contributed by atoms with Crippen LogP contribution in [-0.2, 0) is 16.7 Å². The molecular weight excluding hydrogens is 493 g/mol. The molecule has 4 rings (SSSR count). The van der Waals surface area contributed by atoms with Crippen LogP contribution >= 0.6 is 0 Å². The maximum absolute atomic E-state index is 15.2. The third kappa shape index (κ3) is 4.78. The molecule has 1 saturated heterocycles. The first-order valence-corrected chi connectivity index (χ1v) is 12.4. The van der Waals surface area contributed by atoms with Gasteiger partial charge in [0, 0.05) is 37.9 Å². The molecule has 0 aromatic heterocycles. The molecule has 0 aliphatic carbocycles. The monoisotopic (exact) mass is 529 g/mol. The number of amidine groups is 1. The standard InChI is InChI=1S/C28H36FN3O6/c1-28(2,3)17-8-15(9-18(25(17)37-6)31-13-20(34)22(14-31)36-5)19(33)12-32-11-16-10-21(35-4)26(38-7)24(29)23(16)27(32)30/h8-10,20,22,30,34H,11-14H2,1-7H3. The van der Waals surface area contributed by atoms with Gasteiger partial charge in [-0.05, 0) is 29.2 Å². The Bertz CT molecular complexity index is 1260. The molecule has 0 saturated carbocycles. The predicted molar refractivity (Wildman–Crippen MR) is 142 cm³/mol. The summed E-state index contributed by atoms with van der Waals surface area (Å²) in [6.07, 6.45) is -1.03. The maximum Gasteiger partial charge on any atom is 0.197 e. The number of rotatable bonds is 8. The van der Waals surface area contributed by atoms with E-state index in [-0.39, 0.29) is 53.3 Å². The van der Waals surface area contributed by atoms with Crippen molar-refractivity contribution in [1.82, 2.24) is 4.90 Å². The number of carbonyl (C=O) groups is 1. The summed E-state index contributed by atoms with van der Waals surface area (Å²) in [5, 5.41) is 19.0. The van der Waals surface area contributed by atoms with Crippen LogP contribution in [0.25, 0.3) is 0 Å². The summed E-state index contributed by atoms with van der Waals surface area (Å²) in [6, 6.07) is 5.23. The third-order valence-corrected chi connectivity index (χ3v) is 7.23. The lowest BCUT2D eigenvalue weighted by Gasteiger charge is -2.29. The number of nitrogens with one attached hydrogen (secondary N) is 1. The average molecular weight is 530 g/mol. The van der Waals surface area contributed by atoms with Gasteiger partial charge in [0.1, 0.15) is 17.7 Å². The van der Waals surface area contributed by atoms with Crippen molar-refractivity contribution in [3.63, 3.8) is 0 Å². The molecule has 9 nitrogen and oxygen atoms in total. The topological polar surface area (TPSA) is 105 Å². The van der Waals surface area contributed by atoms with Crippen molar-refractivity contribution in [3.8, 4) is 17.2 Å². The minimum Gasteiger partial charge on any atom is -0.494 e. The van der Waals surface area contributed by atoms with Gasteiger partial charge in [0.15, 0.2) is 23.1 Å². The van der Waals surface area contributed by atoms with Gasteiger partial charge >= 0.3 is 0 Å². The van der Waals surface area contributed by atoms with E-state index in [9.17, 15) is 9.90 Å². The molecular formula is C28H36FN3O6. The number of ketones is 1. The molecule has 2 aromatic carbocycles. The lowest BCUT2D eigenvalue weighted by atomic mass is 9.84.